The molecule has 2 atom stereocenters. The number of morpholine rings is 1. The van der Waals surface area contributed by atoms with Gasteiger partial charge in [0.2, 0.25) is 0 Å². The maximum absolute atomic E-state index is 6.41. The molecule has 0 N–H and O–H groups in total. The lowest BCUT2D eigenvalue weighted by molar-refractivity contribution is -0.152. The van der Waals surface area contributed by atoms with Gasteiger partial charge in [-0.2, -0.15) is 0 Å². The smallest absolute Gasteiger partial charge is 0.0754 e. The van der Waals surface area contributed by atoms with E-state index in [1.54, 1.807) is 0 Å². The highest BCUT2D eigenvalue weighted by molar-refractivity contribution is 4.91. The van der Waals surface area contributed by atoms with Gasteiger partial charge in [0.1, 0.15) is 0 Å². The molecule has 0 spiro atoms. The first-order valence-corrected chi connectivity index (χ1v) is 7.69. The van der Waals surface area contributed by atoms with Crippen LogP contribution in [0, 0.1) is 10.8 Å². The molecule has 114 valence electrons. The lowest BCUT2D eigenvalue weighted by atomic mass is 9.84. The van der Waals surface area contributed by atoms with Crippen LogP contribution in [0.1, 0.15) is 68.7 Å². The first-order valence-electron chi connectivity index (χ1n) is 7.69. The molecule has 1 heterocycles. The van der Waals surface area contributed by atoms with E-state index in [9.17, 15) is 0 Å². The Labute approximate surface area is 120 Å². The summed E-state index contributed by atoms with van der Waals surface area (Å²) in [7, 11) is 0. The maximum atomic E-state index is 6.41. The van der Waals surface area contributed by atoms with E-state index < -0.39 is 0 Å². The van der Waals surface area contributed by atoms with Gasteiger partial charge < -0.3 is 4.74 Å². The van der Waals surface area contributed by atoms with Crippen molar-refractivity contribution in [3.05, 3.63) is 0 Å². The molecule has 0 saturated carbocycles. The van der Waals surface area contributed by atoms with E-state index in [-0.39, 0.29) is 11.0 Å². The van der Waals surface area contributed by atoms with Crippen molar-refractivity contribution >= 4 is 0 Å². The van der Waals surface area contributed by atoms with Crippen molar-refractivity contribution in [2.24, 2.45) is 10.8 Å². The summed E-state index contributed by atoms with van der Waals surface area (Å²) in [6.45, 7) is 22.8. The summed E-state index contributed by atoms with van der Waals surface area (Å²) in [4.78, 5) is 2.60. The fourth-order valence-electron chi connectivity index (χ4n) is 2.66. The molecule has 1 saturated heterocycles. The Morgan fingerprint density at radius 3 is 1.79 bits per heavy atom. The Hall–Kier alpha value is -0.0800. The van der Waals surface area contributed by atoms with Gasteiger partial charge in [-0.3, -0.25) is 4.90 Å². The molecular formula is C17H35NO. The zero-order valence-electron chi connectivity index (χ0n) is 14.6. The lowest BCUT2D eigenvalue weighted by Gasteiger charge is -2.49. The standard InChI is InChI=1S/C17H35NO/c1-15(2,3)10-13-11-18(17(7,8)9)12-14(19-13)16(4,5)6/h13-14H,10-12H2,1-9H3/t13-,14-/m1/s1. The SMILES string of the molecule is CC(C)(C)C[C@@H]1CN(C(C)(C)C)C[C@H](C(C)(C)C)O1. The average molecular weight is 269 g/mol. The van der Waals surface area contributed by atoms with E-state index in [0.29, 0.717) is 17.6 Å². The molecule has 1 aliphatic rings. The third kappa shape index (κ3) is 5.43. The lowest BCUT2D eigenvalue weighted by Crippen LogP contribution is -2.58. The van der Waals surface area contributed by atoms with Crippen molar-refractivity contribution in [1.82, 2.24) is 4.90 Å². The van der Waals surface area contributed by atoms with Gasteiger partial charge in [0.15, 0.2) is 0 Å². The first kappa shape index (κ1) is 17.0. The highest BCUT2D eigenvalue weighted by Crippen LogP contribution is 2.34. The molecule has 0 aromatic rings. The van der Waals surface area contributed by atoms with Crippen molar-refractivity contribution < 1.29 is 4.74 Å². The summed E-state index contributed by atoms with van der Waals surface area (Å²) in [6.07, 6.45) is 1.82. The second kappa shape index (κ2) is 5.37. The number of ether oxygens (including phenoxy) is 1. The fraction of sp³-hybridized carbons (Fsp3) is 1.00. The predicted octanol–water partition coefficient (Wildman–Crippen LogP) is 4.34. The molecular weight excluding hydrogens is 234 g/mol. The van der Waals surface area contributed by atoms with Crippen LogP contribution in [0.25, 0.3) is 0 Å². The summed E-state index contributed by atoms with van der Waals surface area (Å²) in [5.74, 6) is 0. The van der Waals surface area contributed by atoms with Gasteiger partial charge in [0.25, 0.3) is 0 Å². The summed E-state index contributed by atoms with van der Waals surface area (Å²) in [5, 5.41) is 0. The number of nitrogens with zero attached hydrogens (tertiary/aromatic N) is 1. The summed E-state index contributed by atoms with van der Waals surface area (Å²) in [5.41, 5.74) is 0.761. The van der Waals surface area contributed by atoms with Gasteiger partial charge in [-0.25, -0.2) is 0 Å². The van der Waals surface area contributed by atoms with E-state index in [1.165, 1.54) is 0 Å². The van der Waals surface area contributed by atoms with Gasteiger partial charge in [-0.15, -0.1) is 0 Å². The second-order valence-electron chi connectivity index (χ2n) is 9.45. The van der Waals surface area contributed by atoms with Gasteiger partial charge in [-0.1, -0.05) is 41.5 Å². The van der Waals surface area contributed by atoms with E-state index in [2.05, 4.69) is 67.2 Å². The van der Waals surface area contributed by atoms with Crippen LogP contribution in [-0.4, -0.2) is 35.7 Å². The van der Waals surface area contributed by atoms with Gasteiger partial charge >= 0.3 is 0 Å². The molecule has 1 fully saturated rings. The summed E-state index contributed by atoms with van der Waals surface area (Å²) >= 11 is 0. The van der Waals surface area contributed by atoms with Crippen LogP contribution < -0.4 is 0 Å². The first-order chi connectivity index (χ1) is 8.29. The molecule has 0 unspecified atom stereocenters. The minimum absolute atomic E-state index is 0.208. The highest BCUT2D eigenvalue weighted by Gasteiger charge is 2.39. The van der Waals surface area contributed by atoms with Crippen molar-refractivity contribution in [1.29, 1.82) is 0 Å². The van der Waals surface area contributed by atoms with Gasteiger partial charge in [-0.05, 0) is 38.0 Å². The predicted molar refractivity (Wildman–Crippen MR) is 83.5 cm³/mol. The van der Waals surface area contributed by atoms with Crippen molar-refractivity contribution in [3.63, 3.8) is 0 Å². The molecule has 0 aliphatic carbocycles. The van der Waals surface area contributed by atoms with Crippen molar-refractivity contribution in [2.45, 2.75) is 86.5 Å². The molecule has 2 heteroatoms. The Morgan fingerprint density at radius 2 is 1.42 bits per heavy atom. The summed E-state index contributed by atoms with van der Waals surface area (Å²) in [6, 6.07) is 0. The van der Waals surface area contributed by atoms with Crippen molar-refractivity contribution in [3.8, 4) is 0 Å². The maximum Gasteiger partial charge on any atom is 0.0754 e. The molecule has 2 nitrogen and oxygen atoms in total. The van der Waals surface area contributed by atoms with Crippen LogP contribution in [0.5, 0.6) is 0 Å². The molecule has 0 aromatic heterocycles. The Bertz CT molecular complexity index is 268. The molecule has 1 rings (SSSR count). The molecule has 0 radical (unpaired) electrons. The molecule has 19 heavy (non-hydrogen) atoms. The Balaban J connectivity index is 2.84. The largest absolute Gasteiger partial charge is 0.372 e. The Morgan fingerprint density at radius 1 is 0.895 bits per heavy atom. The van der Waals surface area contributed by atoms with Crippen LogP contribution in [0.3, 0.4) is 0 Å². The number of rotatable bonds is 1. The molecule has 0 aromatic carbocycles. The minimum atomic E-state index is 0.208. The average Bonchev–Trinajstić information content (AvgIpc) is 2.11. The zero-order valence-corrected chi connectivity index (χ0v) is 14.6. The van der Waals surface area contributed by atoms with Crippen LogP contribution >= 0.6 is 0 Å². The van der Waals surface area contributed by atoms with E-state index in [1.807, 2.05) is 0 Å². The summed E-state index contributed by atoms with van der Waals surface area (Å²) < 4.78 is 6.41. The van der Waals surface area contributed by atoms with Crippen LogP contribution in [0.2, 0.25) is 0 Å². The third-order valence-corrected chi connectivity index (χ3v) is 3.92. The zero-order chi connectivity index (χ0) is 15.1. The van der Waals surface area contributed by atoms with Gasteiger partial charge in [0.05, 0.1) is 12.2 Å². The number of hydrogen-bond donors (Lipinski definition) is 0. The third-order valence-electron chi connectivity index (χ3n) is 3.92. The van der Waals surface area contributed by atoms with Crippen LogP contribution in [0.15, 0.2) is 0 Å². The monoisotopic (exact) mass is 269 g/mol. The molecule has 0 amide bonds. The van der Waals surface area contributed by atoms with Crippen LogP contribution in [-0.2, 0) is 4.74 Å². The topological polar surface area (TPSA) is 12.5 Å². The quantitative estimate of drug-likeness (QED) is 0.702. The molecule has 0 bridgehead atoms. The Kier molecular flexibility index (Phi) is 4.79. The fourth-order valence-corrected chi connectivity index (χ4v) is 2.66. The number of hydrogen-bond acceptors (Lipinski definition) is 2. The normalized spacial score (nSPS) is 27.6. The second-order valence-corrected chi connectivity index (χ2v) is 9.45. The van der Waals surface area contributed by atoms with E-state index in [0.717, 1.165) is 19.5 Å². The molecule has 1 aliphatic heterocycles. The minimum Gasteiger partial charge on any atom is -0.372 e. The van der Waals surface area contributed by atoms with Gasteiger partial charge in [0, 0.05) is 18.6 Å². The van der Waals surface area contributed by atoms with Crippen molar-refractivity contribution in [2.75, 3.05) is 13.1 Å². The highest BCUT2D eigenvalue weighted by atomic mass is 16.5. The van der Waals surface area contributed by atoms with E-state index in [4.69, 9.17) is 4.74 Å². The van der Waals surface area contributed by atoms with Crippen LogP contribution in [0.4, 0.5) is 0 Å². The van der Waals surface area contributed by atoms with E-state index >= 15 is 0 Å².